The number of phenolic OH excluding ortho intramolecular Hbond substituents is 1. The number of alkyl halides is 2. The fourth-order valence-electron chi connectivity index (χ4n) is 7.18. The number of hydrogen-bond acceptors (Lipinski definition) is 6. The van der Waals surface area contributed by atoms with E-state index in [1.165, 1.54) is 19.2 Å². The molecule has 4 aliphatic rings. The number of amides is 4. The highest BCUT2D eigenvalue weighted by Gasteiger charge is 2.77. The predicted octanol–water partition coefficient (Wildman–Crippen LogP) is 4.68. The lowest BCUT2D eigenvalue weighted by Crippen LogP contribution is -2.60. The van der Waals surface area contributed by atoms with Crippen LogP contribution in [0.5, 0.6) is 11.5 Å². The molecule has 232 valence electrons. The van der Waals surface area contributed by atoms with Gasteiger partial charge in [-0.05, 0) is 31.7 Å². The van der Waals surface area contributed by atoms with Crippen LogP contribution in [0.1, 0.15) is 31.2 Å². The number of carbonyl (C=O) groups excluding carboxylic acids is 4. The van der Waals surface area contributed by atoms with Gasteiger partial charge in [0.15, 0.2) is 33.0 Å². The molecule has 2 heterocycles. The lowest BCUT2D eigenvalue weighted by molar-refractivity contribution is -0.140. The molecule has 0 aromatic heterocycles. The van der Waals surface area contributed by atoms with Crippen LogP contribution in [0.3, 0.4) is 0 Å². The summed E-state index contributed by atoms with van der Waals surface area (Å²) < 4.78 is 77.6. The number of anilines is 1. The predicted molar refractivity (Wildman–Crippen MR) is 143 cm³/mol. The summed E-state index contributed by atoms with van der Waals surface area (Å²) >= 11 is 14.0. The van der Waals surface area contributed by atoms with Gasteiger partial charge in [0.05, 0.1) is 18.9 Å². The number of rotatable bonds is 4. The van der Waals surface area contributed by atoms with Crippen LogP contribution >= 0.6 is 23.2 Å². The zero-order valence-electron chi connectivity index (χ0n) is 22.8. The van der Waals surface area contributed by atoms with Gasteiger partial charge < -0.3 is 9.84 Å². The van der Waals surface area contributed by atoms with Gasteiger partial charge in [-0.25, -0.2) is 26.9 Å². The lowest BCUT2D eigenvalue weighted by Gasteiger charge is -2.50. The molecule has 2 aromatic carbocycles. The first-order chi connectivity index (χ1) is 20.7. The molecule has 0 radical (unpaired) electrons. The number of nitrogens with zero attached hydrogens (tertiary/aromatic N) is 2. The molecule has 4 amide bonds. The third-order valence-corrected chi connectivity index (χ3v) is 10.6. The number of hydrogen-bond donors (Lipinski definition) is 1. The lowest BCUT2D eigenvalue weighted by atomic mass is 9.56. The number of halogens is 7. The second kappa shape index (κ2) is 9.90. The third kappa shape index (κ3) is 3.56. The third-order valence-electron chi connectivity index (χ3n) is 9.18. The van der Waals surface area contributed by atoms with E-state index < -0.39 is 104 Å². The first kappa shape index (κ1) is 30.3. The molecule has 0 unspecified atom stereocenters. The quantitative estimate of drug-likeness (QED) is 0.128. The van der Waals surface area contributed by atoms with E-state index in [4.69, 9.17) is 27.9 Å². The largest absolute Gasteiger partial charge is 0.508 e. The zero-order valence-corrected chi connectivity index (χ0v) is 24.3. The van der Waals surface area contributed by atoms with Gasteiger partial charge in [0, 0.05) is 24.1 Å². The fraction of sp³-hybridized carbons (Fsp3) is 0.379. The van der Waals surface area contributed by atoms with E-state index in [1.54, 1.807) is 13.0 Å². The smallest absolute Gasteiger partial charge is 0.258 e. The van der Waals surface area contributed by atoms with Crippen LogP contribution in [0.25, 0.3) is 0 Å². The van der Waals surface area contributed by atoms with Crippen LogP contribution in [0.4, 0.5) is 27.6 Å². The first-order valence-corrected chi connectivity index (χ1v) is 14.1. The second-order valence-corrected chi connectivity index (χ2v) is 12.3. The van der Waals surface area contributed by atoms with Crippen molar-refractivity contribution in [2.24, 2.45) is 17.8 Å². The van der Waals surface area contributed by atoms with E-state index >= 15 is 8.78 Å². The maximum atomic E-state index is 15.0. The van der Waals surface area contributed by atoms with Gasteiger partial charge in [0.1, 0.15) is 17.2 Å². The maximum Gasteiger partial charge on any atom is 0.258 e. The molecule has 8 nitrogen and oxygen atoms in total. The average Bonchev–Trinajstić information content (AvgIpc) is 3.33. The van der Waals surface area contributed by atoms with Crippen molar-refractivity contribution in [3.05, 3.63) is 64.5 Å². The molecular weight excluding hydrogens is 638 g/mol. The van der Waals surface area contributed by atoms with Crippen LogP contribution in [-0.2, 0) is 19.2 Å². The molecular formula is C29H21Cl2F5N2O6. The number of phenols is 1. The molecule has 0 bridgehead atoms. The molecule has 1 N–H and O–H groups in total. The van der Waals surface area contributed by atoms with E-state index in [2.05, 4.69) is 0 Å². The number of allylic oxidation sites excluding steroid dienone is 2. The van der Waals surface area contributed by atoms with Crippen LogP contribution in [0, 0.1) is 46.8 Å². The van der Waals surface area contributed by atoms with Gasteiger partial charge in [-0.1, -0.05) is 17.7 Å². The molecule has 2 saturated heterocycles. The maximum absolute atomic E-state index is 15.0. The van der Waals surface area contributed by atoms with Crippen molar-refractivity contribution in [2.75, 3.05) is 18.6 Å². The van der Waals surface area contributed by atoms with Crippen LogP contribution in [0.2, 0.25) is 0 Å². The number of aromatic hydroxyl groups is 1. The molecule has 44 heavy (non-hydrogen) atoms. The van der Waals surface area contributed by atoms with Gasteiger partial charge in [0.25, 0.3) is 11.8 Å². The Balaban J connectivity index is 1.62. The molecule has 15 heteroatoms. The number of benzene rings is 2. The Morgan fingerprint density at radius 3 is 2.11 bits per heavy atom. The van der Waals surface area contributed by atoms with Gasteiger partial charge in [0.2, 0.25) is 17.6 Å². The number of imide groups is 2. The molecule has 2 aliphatic carbocycles. The number of fused-ring (bicyclic) bond motifs is 4. The molecule has 6 rings (SSSR count). The summed E-state index contributed by atoms with van der Waals surface area (Å²) in [5, 5.41) is 11.1. The monoisotopic (exact) mass is 658 g/mol. The van der Waals surface area contributed by atoms with E-state index in [0.29, 0.717) is 0 Å². The van der Waals surface area contributed by atoms with Crippen LogP contribution in [-0.4, -0.2) is 57.0 Å². The minimum atomic E-state index is -2.72. The highest BCUT2D eigenvalue weighted by Crippen LogP contribution is 2.66. The van der Waals surface area contributed by atoms with E-state index in [1.807, 2.05) is 0 Å². The van der Waals surface area contributed by atoms with E-state index in [-0.39, 0.29) is 34.8 Å². The summed E-state index contributed by atoms with van der Waals surface area (Å²) in [6.45, 7) is 1.64. The van der Waals surface area contributed by atoms with Crippen molar-refractivity contribution in [1.29, 1.82) is 0 Å². The van der Waals surface area contributed by atoms with Gasteiger partial charge in [-0.3, -0.25) is 24.1 Å². The normalized spacial score (nSPS) is 31.2. The van der Waals surface area contributed by atoms with Gasteiger partial charge in [-0.15, -0.1) is 23.2 Å². The summed E-state index contributed by atoms with van der Waals surface area (Å²) in [6, 6.07) is 3.84. The van der Waals surface area contributed by atoms with E-state index in [9.17, 15) is 37.5 Å². The Morgan fingerprint density at radius 2 is 1.55 bits per heavy atom. The molecule has 2 aliphatic heterocycles. The van der Waals surface area contributed by atoms with Gasteiger partial charge >= 0.3 is 0 Å². The second-order valence-electron chi connectivity index (χ2n) is 11.0. The minimum Gasteiger partial charge on any atom is -0.508 e. The Labute approximate surface area is 255 Å². The van der Waals surface area contributed by atoms with Gasteiger partial charge in [-0.2, -0.15) is 0 Å². The molecule has 2 aromatic rings. The molecule has 1 saturated carbocycles. The van der Waals surface area contributed by atoms with E-state index in [0.717, 1.165) is 11.0 Å². The highest BCUT2D eigenvalue weighted by atomic mass is 35.5. The van der Waals surface area contributed by atoms with Crippen LogP contribution in [0.15, 0.2) is 29.8 Å². The number of likely N-dealkylation sites (tertiary alicyclic amines) is 1. The Morgan fingerprint density at radius 1 is 0.932 bits per heavy atom. The van der Waals surface area contributed by atoms with Crippen molar-refractivity contribution in [3.8, 4) is 11.5 Å². The topological polar surface area (TPSA) is 104 Å². The van der Waals surface area contributed by atoms with Crippen LogP contribution < -0.4 is 9.64 Å². The number of methoxy groups -OCH3 is 1. The van der Waals surface area contributed by atoms with Crippen molar-refractivity contribution in [3.63, 3.8) is 0 Å². The summed E-state index contributed by atoms with van der Waals surface area (Å²) in [5.74, 6) is -21.5. The first-order valence-electron chi connectivity index (χ1n) is 13.4. The zero-order chi connectivity index (χ0) is 32.2. The Kier molecular flexibility index (Phi) is 6.82. The Bertz CT molecular complexity index is 1710. The Hall–Kier alpha value is -3.71. The molecule has 3 fully saturated rings. The SMILES string of the molecule is CCN1C(=O)[C@H]2[C@H](CC=C3[C@H]2C[C@@]2(Cl)C(=O)N(c4c(F)c(F)c(F)c(F)c4F)C(=O)[C@@]2(Cl)[C@H]3c2ccc(OC)cc2O)C1=O. The molecule has 6 atom stereocenters. The average molecular weight is 659 g/mol. The summed E-state index contributed by atoms with van der Waals surface area (Å²) in [7, 11) is 1.31. The standard InChI is InChI=1S/C29H21Cl2F5N2O6/c1-3-37-24(40)13-7-6-11-14(16(13)25(37)41)9-28(30)26(42)38(23-21(35)19(33)18(32)20(34)22(23)36)27(43)29(28,31)17(11)12-5-4-10(44-2)8-15(12)39/h4-6,8,13-14,16-17,39H,3,7,9H2,1-2H3/t13-,14+,16-,17+,28+,29-/m0/s1. The molecule has 0 spiro atoms. The highest BCUT2D eigenvalue weighted by molar-refractivity contribution is 6.58. The van der Waals surface area contributed by atoms with Crippen molar-refractivity contribution < 1.29 is 51.0 Å². The summed E-state index contributed by atoms with van der Waals surface area (Å²) in [6.07, 6.45) is 0.937. The minimum absolute atomic E-state index is 0.0107. The fourth-order valence-corrected chi connectivity index (χ4v) is 8.11. The summed E-state index contributed by atoms with van der Waals surface area (Å²) in [5.41, 5.74) is -1.75. The van der Waals surface area contributed by atoms with Crippen molar-refractivity contribution in [2.45, 2.75) is 35.4 Å². The number of ether oxygens (including phenoxy) is 1. The number of carbonyl (C=O) groups is 4. The van der Waals surface area contributed by atoms with Crippen molar-refractivity contribution >= 4 is 52.5 Å². The summed E-state index contributed by atoms with van der Waals surface area (Å²) in [4.78, 5) is 50.2. The van der Waals surface area contributed by atoms with Crippen molar-refractivity contribution in [1.82, 2.24) is 4.90 Å².